The predicted molar refractivity (Wildman–Crippen MR) is 126 cm³/mol. The van der Waals surface area contributed by atoms with E-state index in [-0.39, 0.29) is 17.3 Å². The number of nitro groups is 1. The van der Waals surface area contributed by atoms with Gasteiger partial charge in [0.25, 0.3) is 5.69 Å². The van der Waals surface area contributed by atoms with E-state index in [1.165, 1.54) is 12.1 Å². The van der Waals surface area contributed by atoms with Gasteiger partial charge in [0.2, 0.25) is 5.90 Å². The molecule has 1 aliphatic rings. The Bertz CT molecular complexity index is 1330. The number of nitrogens with zero attached hydrogens (tertiary/aromatic N) is 2. The summed E-state index contributed by atoms with van der Waals surface area (Å²) in [5.74, 6) is 0.0800. The standard InChI is InChI=1S/C24H16Cl2N2O5/c1-14-9-17(6-8-22(14)28(30)31)23-27-21(24(29)33-23)12-15-3-2-4-18(10-15)32-13-16-5-7-19(25)20(26)11-16/h2-12H,13H2,1H3/b21-12-. The van der Waals surface area contributed by atoms with E-state index >= 15 is 0 Å². The minimum Gasteiger partial charge on any atom is -0.489 e. The molecule has 33 heavy (non-hydrogen) atoms. The van der Waals surface area contributed by atoms with Gasteiger partial charge in [0, 0.05) is 17.2 Å². The van der Waals surface area contributed by atoms with Gasteiger partial charge in [-0.2, -0.15) is 0 Å². The summed E-state index contributed by atoms with van der Waals surface area (Å²) < 4.78 is 11.1. The Labute approximate surface area is 199 Å². The van der Waals surface area contributed by atoms with Crippen molar-refractivity contribution in [3.05, 3.63) is 109 Å². The largest absolute Gasteiger partial charge is 0.489 e. The lowest BCUT2D eigenvalue weighted by atomic mass is 10.1. The first-order valence-corrected chi connectivity index (χ1v) is 10.5. The number of hydrogen-bond donors (Lipinski definition) is 0. The molecule has 0 atom stereocenters. The van der Waals surface area contributed by atoms with Crippen molar-refractivity contribution in [1.82, 2.24) is 0 Å². The number of carbonyl (C=O) groups excluding carboxylic acids is 1. The summed E-state index contributed by atoms with van der Waals surface area (Å²) in [5.41, 5.74) is 2.58. The summed E-state index contributed by atoms with van der Waals surface area (Å²) in [5, 5.41) is 11.9. The van der Waals surface area contributed by atoms with Crippen LogP contribution in [0.4, 0.5) is 5.69 Å². The minimum atomic E-state index is -0.608. The lowest BCUT2D eigenvalue weighted by molar-refractivity contribution is -0.385. The maximum atomic E-state index is 12.3. The summed E-state index contributed by atoms with van der Waals surface area (Å²) in [6.45, 7) is 1.90. The number of halogens is 2. The van der Waals surface area contributed by atoms with Gasteiger partial charge < -0.3 is 9.47 Å². The van der Waals surface area contributed by atoms with Gasteiger partial charge in [0.15, 0.2) is 5.70 Å². The zero-order valence-electron chi connectivity index (χ0n) is 17.2. The van der Waals surface area contributed by atoms with E-state index < -0.39 is 10.9 Å². The molecule has 1 aliphatic heterocycles. The van der Waals surface area contributed by atoms with Crippen LogP contribution < -0.4 is 4.74 Å². The zero-order valence-corrected chi connectivity index (χ0v) is 18.8. The molecule has 3 aromatic carbocycles. The van der Waals surface area contributed by atoms with Crippen LogP contribution in [-0.2, 0) is 16.1 Å². The van der Waals surface area contributed by atoms with Crippen molar-refractivity contribution in [2.75, 3.05) is 0 Å². The van der Waals surface area contributed by atoms with Crippen molar-refractivity contribution in [3.63, 3.8) is 0 Å². The van der Waals surface area contributed by atoms with Gasteiger partial charge in [-0.05, 0) is 60.5 Å². The molecule has 0 amide bonds. The molecule has 0 saturated heterocycles. The number of nitro benzene ring substituents is 1. The number of rotatable bonds is 6. The van der Waals surface area contributed by atoms with Crippen molar-refractivity contribution in [2.24, 2.45) is 4.99 Å². The fourth-order valence-corrected chi connectivity index (χ4v) is 3.49. The number of cyclic esters (lactones) is 1. The molecular weight excluding hydrogens is 467 g/mol. The lowest BCUT2D eigenvalue weighted by Gasteiger charge is -2.08. The summed E-state index contributed by atoms with van der Waals surface area (Å²) in [4.78, 5) is 27.1. The Morgan fingerprint density at radius 1 is 1.09 bits per heavy atom. The van der Waals surface area contributed by atoms with Crippen molar-refractivity contribution in [2.45, 2.75) is 13.5 Å². The Hall–Kier alpha value is -3.68. The number of aliphatic imine (C=N–C) groups is 1. The summed E-state index contributed by atoms with van der Waals surface area (Å²) >= 11 is 12.0. The van der Waals surface area contributed by atoms with Gasteiger partial charge in [0.05, 0.1) is 15.0 Å². The van der Waals surface area contributed by atoms with E-state index in [1.54, 1.807) is 55.5 Å². The SMILES string of the molecule is Cc1cc(C2=N/C(=C\c3cccc(OCc4ccc(Cl)c(Cl)c4)c3)C(=O)O2)ccc1[N+](=O)[O-]. The van der Waals surface area contributed by atoms with Crippen LogP contribution in [0.1, 0.15) is 22.3 Å². The van der Waals surface area contributed by atoms with Crippen LogP contribution >= 0.6 is 23.2 Å². The van der Waals surface area contributed by atoms with E-state index in [0.29, 0.717) is 39.1 Å². The highest BCUT2D eigenvalue weighted by atomic mass is 35.5. The number of ether oxygens (including phenoxy) is 2. The smallest absolute Gasteiger partial charge is 0.363 e. The molecule has 0 spiro atoms. The fraction of sp³-hybridized carbons (Fsp3) is 0.0833. The van der Waals surface area contributed by atoms with Gasteiger partial charge in [-0.15, -0.1) is 0 Å². The summed E-state index contributed by atoms with van der Waals surface area (Å²) in [6, 6.07) is 16.8. The zero-order chi connectivity index (χ0) is 23.5. The molecule has 3 aromatic rings. The molecular formula is C24H16Cl2N2O5. The fourth-order valence-electron chi connectivity index (χ4n) is 3.17. The first kappa shape index (κ1) is 22.5. The molecule has 0 aliphatic carbocycles. The van der Waals surface area contributed by atoms with E-state index in [1.807, 2.05) is 6.07 Å². The number of esters is 1. The van der Waals surface area contributed by atoms with Crippen LogP contribution in [0, 0.1) is 17.0 Å². The molecule has 0 saturated carbocycles. The average Bonchev–Trinajstić information content (AvgIpc) is 3.14. The molecule has 0 unspecified atom stereocenters. The van der Waals surface area contributed by atoms with E-state index in [2.05, 4.69) is 4.99 Å². The molecule has 7 nitrogen and oxygen atoms in total. The average molecular weight is 483 g/mol. The minimum absolute atomic E-state index is 0.0166. The van der Waals surface area contributed by atoms with E-state index in [4.69, 9.17) is 32.7 Å². The van der Waals surface area contributed by atoms with Gasteiger partial charge >= 0.3 is 5.97 Å². The Morgan fingerprint density at radius 2 is 1.91 bits per heavy atom. The van der Waals surface area contributed by atoms with Crippen LogP contribution in [0.3, 0.4) is 0 Å². The number of aryl methyl sites for hydroxylation is 1. The van der Waals surface area contributed by atoms with Gasteiger partial charge in [0.1, 0.15) is 12.4 Å². The van der Waals surface area contributed by atoms with Crippen LogP contribution in [0.2, 0.25) is 10.0 Å². The normalized spacial score (nSPS) is 14.2. The highest BCUT2D eigenvalue weighted by molar-refractivity contribution is 6.42. The Kier molecular flexibility index (Phi) is 6.44. The maximum absolute atomic E-state index is 12.3. The van der Waals surface area contributed by atoms with Gasteiger partial charge in [-0.1, -0.05) is 41.4 Å². The number of hydrogen-bond acceptors (Lipinski definition) is 6. The van der Waals surface area contributed by atoms with E-state index in [0.717, 1.165) is 5.56 Å². The van der Waals surface area contributed by atoms with Crippen LogP contribution in [-0.4, -0.2) is 16.8 Å². The monoisotopic (exact) mass is 482 g/mol. The third kappa shape index (κ3) is 5.22. The van der Waals surface area contributed by atoms with Crippen molar-refractivity contribution in [1.29, 1.82) is 0 Å². The third-order valence-electron chi connectivity index (χ3n) is 4.81. The molecule has 0 bridgehead atoms. The predicted octanol–water partition coefficient (Wildman–Crippen LogP) is 6.13. The Morgan fingerprint density at radius 3 is 2.64 bits per heavy atom. The van der Waals surface area contributed by atoms with Crippen LogP contribution in [0.5, 0.6) is 5.75 Å². The maximum Gasteiger partial charge on any atom is 0.363 e. The van der Waals surface area contributed by atoms with Gasteiger partial charge in [-0.3, -0.25) is 10.1 Å². The number of carbonyl (C=O) groups is 1. The first-order chi connectivity index (χ1) is 15.8. The van der Waals surface area contributed by atoms with Crippen LogP contribution in [0.25, 0.3) is 6.08 Å². The molecule has 0 N–H and O–H groups in total. The lowest BCUT2D eigenvalue weighted by Crippen LogP contribution is -2.06. The molecule has 166 valence electrons. The molecule has 1 heterocycles. The highest BCUT2D eigenvalue weighted by Crippen LogP contribution is 2.26. The Balaban J connectivity index is 1.52. The molecule has 4 rings (SSSR count). The number of benzene rings is 3. The quantitative estimate of drug-likeness (QED) is 0.182. The first-order valence-electron chi connectivity index (χ1n) is 9.75. The van der Waals surface area contributed by atoms with Crippen molar-refractivity contribution >= 4 is 46.8 Å². The second-order valence-electron chi connectivity index (χ2n) is 7.20. The summed E-state index contributed by atoms with van der Waals surface area (Å²) in [6.07, 6.45) is 1.58. The molecule has 0 radical (unpaired) electrons. The van der Waals surface area contributed by atoms with Crippen molar-refractivity contribution in [3.8, 4) is 5.75 Å². The molecule has 9 heteroatoms. The van der Waals surface area contributed by atoms with Crippen molar-refractivity contribution < 1.29 is 19.2 Å². The highest BCUT2D eigenvalue weighted by Gasteiger charge is 2.25. The summed E-state index contributed by atoms with van der Waals surface area (Å²) in [7, 11) is 0. The third-order valence-corrected chi connectivity index (χ3v) is 5.55. The van der Waals surface area contributed by atoms with E-state index in [9.17, 15) is 14.9 Å². The molecule has 0 fully saturated rings. The second kappa shape index (κ2) is 9.44. The molecule has 0 aromatic heterocycles. The van der Waals surface area contributed by atoms with Gasteiger partial charge in [-0.25, -0.2) is 9.79 Å². The second-order valence-corrected chi connectivity index (χ2v) is 8.02. The van der Waals surface area contributed by atoms with Crippen LogP contribution in [0.15, 0.2) is 71.4 Å². The topological polar surface area (TPSA) is 91.0 Å².